The first-order valence-electron chi connectivity index (χ1n) is 10.6. The van der Waals surface area contributed by atoms with Crippen molar-refractivity contribution < 1.29 is 9.53 Å². The number of likely N-dealkylation sites (tertiary alicyclic amines) is 1. The molecule has 164 valence electrons. The van der Waals surface area contributed by atoms with Crippen molar-refractivity contribution in [1.82, 2.24) is 24.6 Å². The van der Waals surface area contributed by atoms with Gasteiger partial charge in [-0.25, -0.2) is 19.4 Å². The number of hydrogen-bond donors (Lipinski definition) is 0. The summed E-state index contributed by atoms with van der Waals surface area (Å²) in [5.74, 6) is 1.91. The number of carbonyl (C=O) groups excluding carboxylic acids is 1. The van der Waals surface area contributed by atoms with Crippen LogP contribution < -0.4 is 0 Å². The van der Waals surface area contributed by atoms with Crippen LogP contribution in [0.5, 0.6) is 0 Å². The summed E-state index contributed by atoms with van der Waals surface area (Å²) in [6, 6.07) is 6.39. The van der Waals surface area contributed by atoms with Crippen LogP contribution in [0.15, 0.2) is 24.4 Å². The molecule has 0 spiro atoms. The fourth-order valence-electron chi connectivity index (χ4n) is 4.15. The van der Waals surface area contributed by atoms with Crippen molar-refractivity contribution in [3.8, 4) is 5.82 Å². The standard InChI is InChI=1S/C23H28IN5O2/c1-14-10-17-13-25-29(21-12-20(24)26-15(2)27-21)19(17)11-18(14)16-6-8-28(9-7-16)22(30)31-23(3,4)5/h10-13,16H,6-9H2,1-5H3. The van der Waals surface area contributed by atoms with Crippen molar-refractivity contribution in [3.05, 3.63) is 45.0 Å². The van der Waals surface area contributed by atoms with Crippen LogP contribution in [0, 0.1) is 17.5 Å². The number of piperidine rings is 1. The topological polar surface area (TPSA) is 73.1 Å². The summed E-state index contributed by atoms with van der Waals surface area (Å²) in [5, 5.41) is 5.69. The van der Waals surface area contributed by atoms with Crippen LogP contribution in [0.4, 0.5) is 4.79 Å². The van der Waals surface area contributed by atoms with Gasteiger partial charge in [-0.2, -0.15) is 5.10 Å². The van der Waals surface area contributed by atoms with Crippen LogP contribution in [0.2, 0.25) is 0 Å². The third kappa shape index (κ3) is 4.83. The van der Waals surface area contributed by atoms with E-state index in [9.17, 15) is 4.79 Å². The highest BCUT2D eigenvalue weighted by Gasteiger charge is 2.28. The molecule has 1 fully saturated rings. The van der Waals surface area contributed by atoms with Crippen LogP contribution in [-0.2, 0) is 4.74 Å². The Morgan fingerprint density at radius 2 is 1.84 bits per heavy atom. The largest absolute Gasteiger partial charge is 0.444 e. The summed E-state index contributed by atoms with van der Waals surface area (Å²) in [6.45, 7) is 11.2. The molecule has 31 heavy (non-hydrogen) atoms. The summed E-state index contributed by atoms with van der Waals surface area (Å²) in [5.41, 5.74) is 3.16. The second-order valence-electron chi connectivity index (χ2n) is 9.16. The smallest absolute Gasteiger partial charge is 0.410 e. The molecule has 0 unspecified atom stereocenters. The van der Waals surface area contributed by atoms with Gasteiger partial charge in [-0.05, 0) is 99.2 Å². The zero-order valence-electron chi connectivity index (χ0n) is 18.6. The SMILES string of the molecule is Cc1nc(I)cc(-n2ncc3cc(C)c(C4CCN(C(=O)OC(C)(C)C)CC4)cc32)n1. The number of hydrogen-bond acceptors (Lipinski definition) is 5. The number of benzene rings is 1. The average molecular weight is 533 g/mol. The third-order valence-electron chi connectivity index (χ3n) is 5.55. The normalized spacial score (nSPS) is 15.5. The maximum atomic E-state index is 12.4. The molecule has 1 saturated heterocycles. The van der Waals surface area contributed by atoms with E-state index < -0.39 is 5.60 Å². The van der Waals surface area contributed by atoms with E-state index in [0.29, 0.717) is 19.0 Å². The first kappa shape index (κ1) is 22.0. The highest BCUT2D eigenvalue weighted by atomic mass is 127. The molecule has 0 aliphatic carbocycles. The third-order valence-corrected chi connectivity index (χ3v) is 6.11. The van der Waals surface area contributed by atoms with Gasteiger partial charge in [-0.15, -0.1) is 0 Å². The van der Waals surface area contributed by atoms with Crippen LogP contribution in [0.25, 0.3) is 16.7 Å². The number of rotatable bonds is 2. The van der Waals surface area contributed by atoms with Crippen LogP contribution in [0.3, 0.4) is 0 Å². The van der Waals surface area contributed by atoms with Gasteiger partial charge >= 0.3 is 6.09 Å². The van der Waals surface area contributed by atoms with Gasteiger partial charge in [0, 0.05) is 24.5 Å². The molecular formula is C23H28IN5O2. The Bertz CT molecular complexity index is 1110. The van der Waals surface area contributed by atoms with Gasteiger partial charge in [-0.3, -0.25) is 0 Å². The molecule has 0 bridgehead atoms. The van der Waals surface area contributed by atoms with E-state index in [0.717, 1.165) is 39.1 Å². The van der Waals surface area contributed by atoms with E-state index in [-0.39, 0.29) is 6.09 Å². The predicted octanol–water partition coefficient (Wildman–Crippen LogP) is 5.15. The van der Waals surface area contributed by atoms with Crippen molar-refractivity contribution in [2.45, 2.75) is 59.0 Å². The van der Waals surface area contributed by atoms with Crippen molar-refractivity contribution in [2.24, 2.45) is 0 Å². The molecule has 4 rings (SSSR count). The van der Waals surface area contributed by atoms with Crippen molar-refractivity contribution in [3.63, 3.8) is 0 Å². The fraction of sp³-hybridized carbons (Fsp3) is 0.478. The maximum Gasteiger partial charge on any atom is 0.410 e. The first-order chi connectivity index (χ1) is 14.6. The molecule has 3 aromatic rings. The lowest BCUT2D eigenvalue weighted by Crippen LogP contribution is -2.41. The van der Waals surface area contributed by atoms with Gasteiger partial charge < -0.3 is 9.64 Å². The Morgan fingerprint density at radius 3 is 2.48 bits per heavy atom. The summed E-state index contributed by atoms with van der Waals surface area (Å²) in [7, 11) is 0. The number of aryl methyl sites for hydroxylation is 2. The summed E-state index contributed by atoms with van der Waals surface area (Å²) in [6.07, 6.45) is 3.51. The number of carbonyl (C=O) groups is 1. The van der Waals surface area contributed by atoms with E-state index in [4.69, 9.17) is 4.74 Å². The number of fused-ring (bicyclic) bond motifs is 1. The van der Waals surface area contributed by atoms with Gasteiger partial charge in [0.1, 0.15) is 15.1 Å². The Labute approximate surface area is 196 Å². The van der Waals surface area contributed by atoms with E-state index >= 15 is 0 Å². The minimum Gasteiger partial charge on any atom is -0.444 e. The monoisotopic (exact) mass is 533 g/mol. The summed E-state index contributed by atoms with van der Waals surface area (Å²) < 4.78 is 8.32. The molecule has 0 radical (unpaired) electrons. The number of amides is 1. The van der Waals surface area contributed by atoms with E-state index in [1.807, 2.05) is 49.5 Å². The van der Waals surface area contributed by atoms with Gasteiger partial charge in [-0.1, -0.05) is 0 Å². The zero-order chi connectivity index (χ0) is 22.3. The Morgan fingerprint density at radius 1 is 1.13 bits per heavy atom. The minimum absolute atomic E-state index is 0.218. The molecule has 1 aliphatic rings. The Hall–Kier alpha value is -2.23. The van der Waals surface area contributed by atoms with Crippen LogP contribution in [-0.4, -0.2) is 49.4 Å². The van der Waals surface area contributed by atoms with Gasteiger partial charge in [0.05, 0.1) is 11.7 Å². The van der Waals surface area contributed by atoms with Gasteiger partial charge in [0.25, 0.3) is 0 Å². The molecule has 3 heterocycles. The Kier molecular flexibility index (Phi) is 5.93. The molecule has 8 heteroatoms. The van der Waals surface area contributed by atoms with Crippen molar-refractivity contribution in [1.29, 1.82) is 0 Å². The molecule has 2 aromatic heterocycles. The highest BCUT2D eigenvalue weighted by Crippen LogP contribution is 2.33. The number of halogens is 1. The molecular weight excluding hydrogens is 505 g/mol. The second-order valence-corrected chi connectivity index (χ2v) is 10.3. The molecule has 7 nitrogen and oxygen atoms in total. The fourth-order valence-corrected chi connectivity index (χ4v) is 4.78. The van der Waals surface area contributed by atoms with E-state index in [2.05, 4.69) is 56.7 Å². The van der Waals surface area contributed by atoms with Crippen LogP contribution >= 0.6 is 22.6 Å². The molecule has 0 N–H and O–H groups in total. The number of ether oxygens (including phenoxy) is 1. The highest BCUT2D eigenvalue weighted by molar-refractivity contribution is 14.1. The summed E-state index contributed by atoms with van der Waals surface area (Å²) in [4.78, 5) is 23.2. The van der Waals surface area contributed by atoms with E-state index in [1.165, 1.54) is 11.1 Å². The average Bonchev–Trinajstić information content (AvgIpc) is 3.08. The quantitative estimate of drug-likeness (QED) is 0.337. The molecule has 1 aromatic carbocycles. The molecule has 1 amide bonds. The van der Waals surface area contributed by atoms with Gasteiger partial charge in [0.15, 0.2) is 5.82 Å². The molecule has 0 atom stereocenters. The molecule has 1 aliphatic heterocycles. The van der Waals surface area contributed by atoms with Crippen LogP contribution in [0.1, 0.15) is 56.5 Å². The lowest BCUT2D eigenvalue weighted by Gasteiger charge is -2.34. The van der Waals surface area contributed by atoms with E-state index in [1.54, 1.807) is 0 Å². The number of aromatic nitrogens is 4. The number of nitrogens with zero attached hydrogens (tertiary/aromatic N) is 5. The van der Waals surface area contributed by atoms with Gasteiger partial charge in [0.2, 0.25) is 0 Å². The minimum atomic E-state index is -0.467. The van der Waals surface area contributed by atoms with Crippen molar-refractivity contribution in [2.75, 3.05) is 13.1 Å². The lowest BCUT2D eigenvalue weighted by molar-refractivity contribution is 0.0205. The molecule has 0 saturated carbocycles. The first-order valence-corrected chi connectivity index (χ1v) is 11.7. The summed E-state index contributed by atoms with van der Waals surface area (Å²) >= 11 is 2.21. The second kappa shape index (κ2) is 8.37. The van der Waals surface area contributed by atoms with Crippen molar-refractivity contribution >= 4 is 39.6 Å². The maximum absolute atomic E-state index is 12.4. The zero-order valence-corrected chi connectivity index (χ0v) is 20.8. The predicted molar refractivity (Wildman–Crippen MR) is 129 cm³/mol. The Balaban J connectivity index is 1.59. The lowest BCUT2D eigenvalue weighted by atomic mass is 9.86.